The van der Waals surface area contributed by atoms with E-state index in [0.717, 1.165) is 25.3 Å². The quantitative estimate of drug-likeness (QED) is 0.729. The zero-order valence-electron chi connectivity index (χ0n) is 9.94. The van der Waals surface area contributed by atoms with Crippen LogP contribution < -0.4 is 15.8 Å². The number of rotatable bonds is 7. The van der Waals surface area contributed by atoms with Gasteiger partial charge in [-0.05, 0) is 25.8 Å². The fourth-order valence-electron chi connectivity index (χ4n) is 1.33. The summed E-state index contributed by atoms with van der Waals surface area (Å²) in [6.07, 6.45) is 2.51. The second-order valence-corrected chi connectivity index (χ2v) is 3.74. The molecule has 1 unspecified atom stereocenters. The minimum Gasteiger partial charge on any atom is -0.478 e. The molecule has 0 aliphatic carbocycles. The smallest absolute Gasteiger partial charge is 0.218 e. The number of anilines is 1. The monoisotopic (exact) mass is 224 g/mol. The lowest BCUT2D eigenvalue weighted by Crippen LogP contribution is -2.15. The summed E-state index contributed by atoms with van der Waals surface area (Å²) >= 11 is 0. The van der Waals surface area contributed by atoms with Crippen molar-refractivity contribution in [2.45, 2.75) is 20.3 Å². The second kappa shape index (κ2) is 7.00. The van der Waals surface area contributed by atoms with Gasteiger partial charge in [-0.2, -0.15) is 0 Å². The van der Waals surface area contributed by atoms with E-state index >= 15 is 0 Å². The maximum Gasteiger partial charge on any atom is 0.218 e. The first-order valence-electron chi connectivity index (χ1n) is 5.65. The van der Waals surface area contributed by atoms with Gasteiger partial charge in [0.2, 0.25) is 5.88 Å². The molecule has 1 rings (SSSR count). The number of hydrogen-bond donors (Lipinski definition) is 2. The summed E-state index contributed by atoms with van der Waals surface area (Å²) in [6, 6.07) is 1.80. The van der Waals surface area contributed by atoms with Crippen LogP contribution in [0.2, 0.25) is 0 Å². The predicted octanol–water partition coefficient (Wildman–Crippen LogP) is 1.27. The van der Waals surface area contributed by atoms with Crippen molar-refractivity contribution in [3.8, 4) is 5.88 Å². The molecule has 1 heterocycles. The third-order valence-corrected chi connectivity index (χ3v) is 2.23. The van der Waals surface area contributed by atoms with Crippen molar-refractivity contribution in [1.29, 1.82) is 0 Å². The molecule has 1 atom stereocenters. The third-order valence-electron chi connectivity index (χ3n) is 2.23. The summed E-state index contributed by atoms with van der Waals surface area (Å²) in [6.45, 7) is 6.28. The van der Waals surface area contributed by atoms with Crippen molar-refractivity contribution in [3.63, 3.8) is 0 Å². The van der Waals surface area contributed by atoms with Gasteiger partial charge in [-0.25, -0.2) is 9.97 Å². The molecule has 0 bridgehead atoms. The van der Waals surface area contributed by atoms with Crippen molar-refractivity contribution < 1.29 is 4.74 Å². The Balaban J connectivity index is 2.44. The summed E-state index contributed by atoms with van der Waals surface area (Å²) in [7, 11) is 0. The Kier molecular flexibility index (Phi) is 5.56. The second-order valence-electron chi connectivity index (χ2n) is 3.74. The Hall–Kier alpha value is -1.36. The Morgan fingerprint density at radius 3 is 3.00 bits per heavy atom. The van der Waals surface area contributed by atoms with E-state index in [-0.39, 0.29) is 0 Å². The molecule has 0 saturated heterocycles. The van der Waals surface area contributed by atoms with Crippen molar-refractivity contribution in [2.75, 3.05) is 25.0 Å². The Morgan fingerprint density at radius 2 is 2.31 bits per heavy atom. The van der Waals surface area contributed by atoms with Crippen molar-refractivity contribution >= 4 is 5.82 Å². The molecule has 0 aliphatic rings. The van der Waals surface area contributed by atoms with E-state index in [1.807, 2.05) is 6.92 Å². The van der Waals surface area contributed by atoms with Crippen LogP contribution in [0.1, 0.15) is 20.3 Å². The van der Waals surface area contributed by atoms with Crippen LogP contribution in [-0.4, -0.2) is 29.7 Å². The van der Waals surface area contributed by atoms with E-state index in [0.29, 0.717) is 18.4 Å². The highest BCUT2D eigenvalue weighted by molar-refractivity contribution is 5.36. The van der Waals surface area contributed by atoms with Crippen LogP contribution in [-0.2, 0) is 0 Å². The minimum absolute atomic E-state index is 0.538. The minimum atomic E-state index is 0.538. The predicted molar refractivity (Wildman–Crippen MR) is 64.5 cm³/mol. The van der Waals surface area contributed by atoms with Gasteiger partial charge >= 0.3 is 0 Å². The summed E-state index contributed by atoms with van der Waals surface area (Å²) < 4.78 is 5.29. The van der Waals surface area contributed by atoms with Crippen LogP contribution >= 0.6 is 0 Å². The zero-order chi connectivity index (χ0) is 11.8. The molecule has 90 valence electrons. The number of nitrogens with zero attached hydrogens (tertiary/aromatic N) is 2. The Morgan fingerprint density at radius 1 is 1.50 bits per heavy atom. The van der Waals surface area contributed by atoms with E-state index in [9.17, 15) is 0 Å². The van der Waals surface area contributed by atoms with Crippen LogP contribution in [0.15, 0.2) is 12.4 Å². The van der Waals surface area contributed by atoms with E-state index < -0.39 is 0 Å². The molecule has 16 heavy (non-hydrogen) atoms. The molecule has 0 fully saturated rings. The molecular formula is C11H20N4O. The molecule has 0 amide bonds. The topological polar surface area (TPSA) is 73.1 Å². The van der Waals surface area contributed by atoms with Gasteiger partial charge < -0.3 is 15.8 Å². The SMILES string of the molecule is CCOc1cc(NCC(C)CCN)ncn1. The fourth-order valence-corrected chi connectivity index (χ4v) is 1.33. The van der Waals surface area contributed by atoms with Gasteiger partial charge in [0.1, 0.15) is 12.1 Å². The first kappa shape index (κ1) is 12.7. The van der Waals surface area contributed by atoms with Crippen LogP contribution in [0.25, 0.3) is 0 Å². The summed E-state index contributed by atoms with van der Waals surface area (Å²) in [5.74, 6) is 1.93. The third kappa shape index (κ3) is 4.44. The number of nitrogens with two attached hydrogens (primary N) is 1. The van der Waals surface area contributed by atoms with Crippen LogP contribution in [0.4, 0.5) is 5.82 Å². The molecular weight excluding hydrogens is 204 g/mol. The van der Waals surface area contributed by atoms with Gasteiger partial charge in [-0.15, -0.1) is 0 Å². The molecule has 0 aromatic carbocycles. The number of ether oxygens (including phenoxy) is 1. The molecule has 0 spiro atoms. The highest BCUT2D eigenvalue weighted by Gasteiger charge is 2.02. The molecule has 0 aliphatic heterocycles. The Bertz CT molecular complexity index is 306. The van der Waals surface area contributed by atoms with Crippen LogP contribution in [0, 0.1) is 5.92 Å². The first-order chi connectivity index (χ1) is 7.76. The zero-order valence-corrected chi connectivity index (χ0v) is 9.94. The maximum absolute atomic E-state index is 5.49. The van der Waals surface area contributed by atoms with Gasteiger partial charge in [-0.3, -0.25) is 0 Å². The number of nitrogens with one attached hydrogen (secondary N) is 1. The van der Waals surface area contributed by atoms with E-state index in [4.69, 9.17) is 10.5 Å². The highest BCUT2D eigenvalue weighted by atomic mass is 16.5. The molecule has 5 nitrogen and oxygen atoms in total. The van der Waals surface area contributed by atoms with Gasteiger partial charge in [0.15, 0.2) is 0 Å². The maximum atomic E-state index is 5.49. The van der Waals surface area contributed by atoms with E-state index in [1.54, 1.807) is 6.07 Å². The van der Waals surface area contributed by atoms with Gasteiger partial charge in [0.25, 0.3) is 0 Å². The molecule has 1 aromatic rings. The van der Waals surface area contributed by atoms with Crippen molar-refractivity contribution in [1.82, 2.24) is 9.97 Å². The van der Waals surface area contributed by atoms with Crippen LogP contribution in [0.5, 0.6) is 5.88 Å². The van der Waals surface area contributed by atoms with Crippen molar-refractivity contribution in [3.05, 3.63) is 12.4 Å². The standard InChI is InChI=1S/C11H20N4O/c1-3-16-11-6-10(14-8-15-11)13-7-9(2)4-5-12/h6,8-9H,3-5,7,12H2,1-2H3,(H,13,14,15). The van der Waals surface area contributed by atoms with Crippen LogP contribution in [0.3, 0.4) is 0 Å². The largest absolute Gasteiger partial charge is 0.478 e. The van der Waals surface area contributed by atoms with E-state index in [2.05, 4.69) is 22.2 Å². The molecule has 0 radical (unpaired) electrons. The lowest BCUT2D eigenvalue weighted by atomic mass is 10.1. The highest BCUT2D eigenvalue weighted by Crippen LogP contribution is 2.11. The lowest BCUT2D eigenvalue weighted by molar-refractivity contribution is 0.326. The molecule has 5 heteroatoms. The average molecular weight is 224 g/mol. The average Bonchev–Trinajstić information content (AvgIpc) is 2.28. The summed E-state index contributed by atoms with van der Waals surface area (Å²) in [5, 5.41) is 3.24. The molecule has 3 N–H and O–H groups in total. The summed E-state index contributed by atoms with van der Waals surface area (Å²) in [5.41, 5.74) is 5.49. The summed E-state index contributed by atoms with van der Waals surface area (Å²) in [4.78, 5) is 8.12. The Labute approximate surface area is 96.4 Å². The van der Waals surface area contributed by atoms with E-state index in [1.165, 1.54) is 6.33 Å². The first-order valence-corrected chi connectivity index (χ1v) is 5.65. The fraction of sp³-hybridized carbons (Fsp3) is 0.636. The number of hydrogen-bond acceptors (Lipinski definition) is 5. The number of aromatic nitrogens is 2. The molecule has 1 aromatic heterocycles. The van der Waals surface area contributed by atoms with Gasteiger partial charge in [0.05, 0.1) is 6.61 Å². The normalized spacial score (nSPS) is 12.2. The van der Waals surface area contributed by atoms with Crippen molar-refractivity contribution in [2.24, 2.45) is 11.7 Å². The van der Waals surface area contributed by atoms with Gasteiger partial charge in [-0.1, -0.05) is 6.92 Å². The molecule has 0 saturated carbocycles. The van der Waals surface area contributed by atoms with Gasteiger partial charge in [0, 0.05) is 12.6 Å². The lowest BCUT2D eigenvalue weighted by Gasteiger charge is -2.12.